The van der Waals surface area contributed by atoms with E-state index in [4.69, 9.17) is 0 Å². The van der Waals surface area contributed by atoms with Crippen LogP contribution in [0, 0.1) is 0 Å². The van der Waals surface area contributed by atoms with Gasteiger partial charge in [0.1, 0.15) is 0 Å². The van der Waals surface area contributed by atoms with Crippen LogP contribution >= 0.6 is 11.3 Å². The predicted molar refractivity (Wildman–Crippen MR) is 89.4 cm³/mol. The number of thiazole rings is 1. The van der Waals surface area contributed by atoms with Gasteiger partial charge < -0.3 is 10.6 Å². The molecule has 2 aromatic rings. The summed E-state index contributed by atoms with van der Waals surface area (Å²) in [6.45, 7) is 2.75. The number of aromatic nitrogens is 1. The normalized spacial score (nSPS) is 13.9. The van der Waals surface area contributed by atoms with Gasteiger partial charge in [0.15, 0.2) is 0 Å². The van der Waals surface area contributed by atoms with Gasteiger partial charge in [-0.1, -0.05) is 31.2 Å². The topological polar surface area (TPSA) is 54.0 Å². The summed E-state index contributed by atoms with van der Waals surface area (Å²) in [6, 6.07) is 8.53. The molecule has 0 atom stereocenters. The number of carbonyl (C=O) groups excluding carboxylic acids is 1. The van der Waals surface area contributed by atoms with Crippen LogP contribution in [-0.2, 0) is 25.7 Å². The molecule has 1 heterocycles. The molecule has 0 unspecified atom stereocenters. The van der Waals surface area contributed by atoms with Gasteiger partial charge in [-0.2, -0.15) is 0 Å². The molecule has 0 saturated carbocycles. The first-order chi connectivity index (χ1) is 10.7. The van der Waals surface area contributed by atoms with Crippen molar-refractivity contribution in [1.29, 1.82) is 0 Å². The standard InChI is InChI=1S/C17H21N3OS/c1-2-15-11-19-16(22-15)7-8-18-17(21)20-14-9-12-5-3-4-6-13(12)10-14/h3-6,11,14H,2,7-10H2,1H3,(H2,18,20,21). The van der Waals surface area contributed by atoms with Crippen molar-refractivity contribution >= 4 is 17.4 Å². The van der Waals surface area contributed by atoms with Gasteiger partial charge in [-0.15, -0.1) is 11.3 Å². The third-order valence-corrected chi connectivity index (χ3v) is 5.16. The molecule has 1 aromatic heterocycles. The van der Waals surface area contributed by atoms with Crippen LogP contribution in [0.1, 0.15) is 27.9 Å². The van der Waals surface area contributed by atoms with Gasteiger partial charge in [-0.25, -0.2) is 9.78 Å². The zero-order valence-electron chi connectivity index (χ0n) is 12.8. The summed E-state index contributed by atoms with van der Waals surface area (Å²) in [5.41, 5.74) is 2.70. The van der Waals surface area contributed by atoms with Crippen molar-refractivity contribution in [3.05, 3.63) is 51.5 Å². The Morgan fingerprint density at radius 2 is 2.05 bits per heavy atom. The van der Waals surface area contributed by atoms with E-state index in [9.17, 15) is 4.79 Å². The molecule has 0 bridgehead atoms. The molecule has 1 aromatic carbocycles. The van der Waals surface area contributed by atoms with Crippen LogP contribution in [-0.4, -0.2) is 23.6 Å². The molecule has 0 fully saturated rings. The average molecular weight is 315 g/mol. The molecule has 1 aliphatic rings. The Bertz CT molecular complexity index is 628. The van der Waals surface area contributed by atoms with Gasteiger partial charge in [-0.3, -0.25) is 0 Å². The zero-order chi connectivity index (χ0) is 15.4. The maximum absolute atomic E-state index is 12.0. The quantitative estimate of drug-likeness (QED) is 0.891. The molecule has 1 aliphatic carbocycles. The van der Waals surface area contributed by atoms with E-state index < -0.39 is 0 Å². The van der Waals surface area contributed by atoms with Crippen molar-refractivity contribution in [1.82, 2.24) is 15.6 Å². The second-order valence-electron chi connectivity index (χ2n) is 5.60. The van der Waals surface area contributed by atoms with E-state index in [1.807, 2.05) is 6.20 Å². The average Bonchev–Trinajstić information content (AvgIpc) is 3.12. The highest BCUT2D eigenvalue weighted by Crippen LogP contribution is 2.21. The third kappa shape index (κ3) is 3.65. The van der Waals surface area contributed by atoms with Crippen LogP contribution in [0.2, 0.25) is 0 Å². The van der Waals surface area contributed by atoms with Crippen LogP contribution < -0.4 is 10.6 Å². The molecule has 3 rings (SSSR count). The van der Waals surface area contributed by atoms with Crippen LogP contribution in [0.25, 0.3) is 0 Å². The van der Waals surface area contributed by atoms with E-state index >= 15 is 0 Å². The van der Waals surface area contributed by atoms with Gasteiger partial charge in [0.05, 0.1) is 5.01 Å². The fraction of sp³-hybridized carbons (Fsp3) is 0.412. The van der Waals surface area contributed by atoms with Crippen molar-refractivity contribution in [3.8, 4) is 0 Å². The lowest BCUT2D eigenvalue weighted by Crippen LogP contribution is -2.43. The summed E-state index contributed by atoms with van der Waals surface area (Å²) in [5, 5.41) is 7.08. The van der Waals surface area contributed by atoms with Crippen molar-refractivity contribution in [2.24, 2.45) is 0 Å². The minimum atomic E-state index is -0.0786. The van der Waals surface area contributed by atoms with Crippen LogP contribution in [0.5, 0.6) is 0 Å². The smallest absolute Gasteiger partial charge is 0.315 e. The Labute approximate surface area is 135 Å². The highest BCUT2D eigenvalue weighted by atomic mass is 32.1. The van der Waals surface area contributed by atoms with Gasteiger partial charge in [0, 0.05) is 30.1 Å². The lowest BCUT2D eigenvalue weighted by atomic mass is 10.1. The highest BCUT2D eigenvalue weighted by molar-refractivity contribution is 7.11. The maximum atomic E-state index is 12.0. The number of aryl methyl sites for hydroxylation is 1. The number of urea groups is 1. The first kappa shape index (κ1) is 15.0. The van der Waals surface area contributed by atoms with Crippen molar-refractivity contribution in [2.45, 2.75) is 38.6 Å². The SMILES string of the molecule is CCc1cnc(CCNC(=O)NC2Cc3ccccc3C2)s1. The number of fused-ring (bicyclic) bond motifs is 1. The summed E-state index contributed by atoms with van der Waals surface area (Å²) in [5.74, 6) is 0. The highest BCUT2D eigenvalue weighted by Gasteiger charge is 2.22. The second kappa shape index (κ2) is 6.92. The number of hydrogen-bond acceptors (Lipinski definition) is 3. The first-order valence-electron chi connectivity index (χ1n) is 7.79. The fourth-order valence-corrected chi connectivity index (χ4v) is 3.67. The molecule has 22 heavy (non-hydrogen) atoms. The number of amides is 2. The first-order valence-corrected chi connectivity index (χ1v) is 8.61. The Hall–Kier alpha value is -1.88. The van der Waals surface area contributed by atoms with Crippen molar-refractivity contribution in [3.63, 3.8) is 0 Å². The number of nitrogens with zero attached hydrogens (tertiary/aromatic N) is 1. The van der Waals surface area contributed by atoms with Crippen LogP contribution in [0.3, 0.4) is 0 Å². The van der Waals surface area contributed by atoms with E-state index in [1.54, 1.807) is 11.3 Å². The monoisotopic (exact) mass is 315 g/mol. The maximum Gasteiger partial charge on any atom is 0.315 e. The Kier molecular flexibility index (Phi) is 4.73. The Morgan fingerprint density at radius 3 is 2.68 bits per heavy atom. The Morgan fingerprint density at radius 1 is 1.32 bits per heavy atom. The van der Waals surface area contributed by atoms with Gasteiger partial charge in [0.25, 0.3) is 0 Å². The lowest BCUT2D eigenvalue weighted by Gasteiger charge is -2.12. The minimum absolute atomic E-state index is 0.0786. The molecule has 0 spiro atoms. The Balaban J connectivity index is 1.40. The van der Waals surface area contributed by atoms with E-state index in [1.165, 1.54) is 16.0 Å². The summed E-state index contributed by atoms with van der Waals surface area (Å²) >= 11 is 1.73. The summed E-state index contributed by atoms with van der Waals surface area (Å²) in [4.78, 5) is 17.6. The molecule has 0 saturated heterocycles. The summed E-state index contributed by atoms with van der Waals surface area (Å²) in [6.07, 6.45) is 5.60. The number of benzene rings is 1. The number of hydrogen-bond donors (Lipinski definition) is 2. The molecular formula is C17H21N3OS. The molecule has 0 radical (unpaired) electrons. The predicted octanol–water partition coefficient (Wildman–Crippen LogP) is 2.71. The number of rotatable bonds is 5. The summed E-state index contributed by atoms with van der Waals surface area (Å²) < 4.78 is 0. The van der Waals surface area contributed by atoms with E-state index in [2.05, 4.69) is 46.8 Å². The number of carbonyl (C=O) groups is 1. The van der Waals surface area contributed by atoms with Crippen molar-refractivity contribution < 1.29 is 4.79 Å². The molecular weight excluding hydrogens is 294 g/mol. The molecule has 4 nitrogen and oxygen atoms in total. The molecule has 5 heteroatoms. The van der Waals surface area contributed by atoms with Crippen LogP contribution in [0.4, 0.5) is 4.79 Å². The molecule has 116 valence electrons. The largest absolute Gasteiger partial charge is 0.338 e. The van der Waals surface area contributed by atoms with Crippen molar-refractivity contribution in [2.75, 3.05) is 6.54 Å². The van der Waals surface area contributed by atoms with Gasteiger partial charge >= 0.3 is 6.03 Å². The second-order valence-corrected chi connectivity index (χ2v) is 6.80. The van der Waals surface area contributed by atoms with Gasteiger partial charge in [0.2, 0.25) is 0 Å². The lowest BCUT2D eigenvalue weighted by molar-refractivity contribution is 0.237. The van der Waals surface area contributed by atoms with Gasteiger partial charge in [-0.05, 0) is 30.4 Å². The number of nitrogens with one attached hydrogen (secondary N) is 2. The minimum Gasteiger partial charge on any atom is -0.338 e. The molecule has 2 amide bonds. The summed E-state index contributed by atoms with van der Waals surface area (Å²) in [7, 11) is 0. The van der Waals surface area contributed by atoms with E-state index in [-0.39, 0.29) is 12.1 Å². The third-order valence-electron chi connectivity index (χ3n) is 3.96. The van der Waals surface area contributed by atoms with E-state index in [0.29, 0.717) is 6.54 Å². The van der Waals surface area contributed by atoms with E-state index in [0.717, 1.165) is 30.7 Å². The zero-order valence-corrected chi connectivity index (χ0v) is 13.6. The van der Waals surface area contributed by atoms with Crippen LogP contribution in [0.15, 0.2) is 30.5 Å². The fourth-order valence-electron chi connectivity index (χ4n) is 2.81. The molecule has 0 aliphatic heterocycles. The molecule has 2 N–H and O–H groups in total.